The molecule has 0 aliphatic heterocycles. The molecular weight excluding hydrogens is 260 g/mol. The lowest BCUT2D eigenvalue weighted by Crippen LogP contribution is -2.36. The van der Waals surface area contributed by atoms with E-state index in [4.69, 9.17) is 4.74 Å². The summed E-state index contributed by atoms with van der Waals surface area (Å²) in [7, 11) is 0. The van der Waals surface area contributed by atoms with Gasteiger partial charge in [-0.15, -0.1) is 11.3 Å². The summed E-state index contributed by atoms with van der Waals surface area (Å²) in [5.74, 6) is 0.284. The standard InChI is InChI=1S/C14H24N2O2S/c1-6-18-13(17)8-16(11(4)5)7-12-9-19-14(15-12)10(2)3/h9-11H,6-8H2,1-5H3. The second-order valence-electron chi connectivity index (χ2n) is 5.14. The Kier molecular flexibility index (Phi) is 6.45. The molecule has 0 aromatic carbocycles. The summed E-state index contributed by atoms with van der Waals surface area (Å²) in [4.78, 5) is 18.3. The Morgan fingerprint density at radius 1 is 1.42 bits per heavy atom. The van der Waals surface area contributed by atoms with E-state index in [1.54, 1.807) is 11.3 Å². The highest BCUT2D eigenvalue weighted by Crippen LogP contribution is 2.20. The number of aromatic nitrogens is 1. The normalized spacial score (nSPS) is 11.6. The lowest BCUT2D eigenvalue weighted by molar-refractivity contribution is -0.145. The molecule has 108 valence electrons. The molecular formula is C14H24N2O2S. The maximum Gasteiger partial charge on any atom is 0.320 e. The van der Waals surface area contributed by atoms with Crippen LogP contribution in [0, 0.1) is 0 Å². The van der Waals surface area contributed by atoms with Crippen LogP contribution < -0.4 is 0 Å². The Hall–Kier alpha value is -0.940. The first-order valence-electron chi connectivity index (χ1n) is 6.78. The SMILES string of the molecule is CCOC(=O)CN(Cc1csc(C(C)C)n1)C(C)C. The van der Waals surface area contributed by atoms with Crippen molar-refractivity contribution < 1.29 is 9.53 Å². The van der Waals surface area contributed by atoms with Crippen molar-refractivity contribution in [1.29, 1.82) is 0 Å². The average molecular weight is 284 g/mol. The molecule has 0 spiro atoms. The number of carbonyl (C=O) groups is 1. The Labute approximate surface area is 119 Å². The van der Waals surface area contributed by atoms with E-state index in [0.717, 1.165) is 10.7 Å². The van der Waals surface area contributed by atoms with Crippen molar-refractivity contribution >= 4 is 17.3 Å². The van der Waals surface area contributed by atoms with E-state index >= 15 is 0 Å². The maximum atomic E-state index is 11.6. The molecule has 0 saturated carbocycles. The Morgan fingerprint density at radius 2 is 2.11 bits per heavy atom. The topological polar surface area (TPSA) is 42.4 Å². The minimum absolute atomic E-state index is 0.171. The Bertz CT molecular complexity index is 402. The van der Waals surface area contributed by atoms with Crippen LogP contribution in [0.4, 0.5) is 0 Å². The third-order valence-electron chi connectivity index (χ3n) is 2.80. The van der Waals surface area contributed by atoms with Crippen LogP contribution in [0.2, 0.25) is 0 Å². The predicted molar refractivity (Wildman–Crippen MR) is 78.4 cm³/mol. The smallest absolute Gasteiger partial charge is 0.320 e. The third-order valence-corrected chi connectivity index (χ3v) is 3.99. The Balaban J connectivity index is 2.64. The first-order valence-corrected chi connectivity index (χ1v) is 7.66. The van der Waals surface area contributed by atoms with Crippen LogP contribution in [0.3, 0.4) is 0 Å². The van der Waals surface area contributed by atoms with Crippen molar-refractivity contribution in [2.24, 2.45) is 0 Å². The molecule has 0 amide bonds. The average Bonchev–Trinajstić information content (AvgIpc) is 2.77. The van der Waals surface area contributed by atoms with Crippen molar-refractivity contribution in [2.75, 3.05) is 13.2 Å². The van der Waals surface area contributed by atoms with Gasteiger partial charge in [0.05, 0.1) is 23.9 Å². The van der Waals surface area contributed by atoms with Crippen molar-refractivity contribution in [3.05, 3.63) is 16.1 Å². The van der Waals surface area contributed by atoms with Gasteiger partial charge in [-0.05, 0) is 20.8 Å². The minimum Gasteiger partial charge on any atom is -0.465 e. The molecule has 0 fully saturated rings. The van der Waals surface area contributed by atoms with Crippen LogP contribution in [0.5, 0.6) is 0 Å². The highest BCUT2D eigenvalue weighted by atomic mass is 32.1. The number of hydrogen-bond acceptors (Lipinski definition) is 5. The molecule has 4 nitrogen and oxygen atoms in total. The van der Waals surface area contributed by atoms with Crippen LogP contribution in [0.25, 0.3) is 0 Å². The molecule has 0 bridgehead atoms. The summed E-state index contributed by atoms with van der Waals surface area (Å²) in [6.07, 6.45) is 0. The third kappa shape index (κ3) is 5.28. The van der Waals surface area contributed by atoms with Crippen LogP contribution in [-0.2, 0) is 16.1 Å². The molecule has 1 heterocycles. The van der Waals surface area contributed by atoms with Gasteiger partial charge in [-0.3, -0.25) is 9.69 Å². The number of rotatable bonds is 7. The van der Waals surface area contributed by atoms with E-state index in [9.17, 15) is 4.79 Å². The number of nitrogens with zero attached hydrogens (tertiary/aromatic N) is 2. The quantitative estimate of drug-likeness (QED) is 0.722. The van der Waals surface area contributed by atoms with Gasteiger partial charge in [0.2, 0.25) is 0 Å². The van der Waals surface area contributed by atoms with E-state index in [0.29, 0.717) is 25.6 Å². The lowest BCUT2D eigenvalue weighted by atomic mass is 10.2. The highest BCUT2D eigenvalue weighted by Gasteiger charge is 2.17. The van der Waals surface area contributed by atoms with Crippen molar-refractivity contribution in [3.63, 3.8) is 0 Å². The first-order chi connectivity index (χ1) is 8.93. The maximum absolute atomic E-state index is 11.6. The summed E-state index contributed by atoms with van der Waals surface area (Å²) < 4.78 is 5.01. The van der Waals surface area contributed by atoms with E-state index in [2.05, 4.69) is 43.0 Å². The summed E-state index contributed by atoms with van der Waals surface area (Å²) in [6, 6.07) is 0.286. The summed E-state index contributed by atoms with van der Waals surface area (Å²) in [5, 5.41) is 3.23. The zero-order valence-electron chi connectivity index (χ0n) is 12.5. The van der Waals surface area contributed by atoms with Gasteiger partial charge >= 0.3 is 5.97 Å². The number of esters is 1. The molecule has 19 heavy (non-hydrogen) atoms. The van der Waals surface area contributed by atoms with Crippen molar-refractivity contribution in [2.45, 2.75) is 53.1 Å². The van der Waals surface area contributed by atoms with Crippen LogP contribution in [-0.4, -0.2) is 35.0 Å². The molecule has 1 aromatic rings. The monoisotopic (exact) mass is 284 g/mol. The largest absolute Gasteiger partial charge is 0.465 e. The summed E-state index contributed by atoms with van der Waals surface area (Å²) in [6.45, 7) is 11.7. The van der Waals surface area contributed by atoms with Crippen LogP contribution in [0.1, 0.15) is 51.2 Å². The zero-order valence-corrected chi connectivity index (χ0v) is 13.3. The molecule has 0 unspecified atom stereocenters. The number of hydrogen-bond donors (Lipinski definition) is 0. The van der Waals surface area contributed by atoms with Crippen molar-refractivity contribution in [1.82, 2.24) is 9.88 Å². The minimum atomic E-state index is -0.171. The van der Waals surface area contributed by atoms with E-state index in [1.807, 2.05) is 6.92 Å². The van der Waals surface area contributed by atoms with Crippen molar-refractivity contribution in [3.8, 4) is 0 Å². The van der Waals surface area contributed by atoms with Crippen LogP contribution >= 0.6 is 11.3 Å². The molecule has 0 atom stereocenters. The van der Waals surface area contributed by atoms with Gasteiger partial charge in [-0.25, -0.2) is 4.98 Å². The van der Waals surface area contributed by atoms with Gasteiger partial charge in [0, 0.05) is 23.9 Å². The van der Waals surface area contributed by atoms with Gasteiger partial charge in [-0.2, -0.15) is 0 Å². The second kappa shape index (κ2) is 7.60. The molecule has 0 saturated heterocycles. The van der Waals surface area contributed by atoms with Gasteiger partial charge < -0.3 is 4.74 Å². The van der Waals surface area contributed by atoms with Gasteiger partial charge in [0.1, 0.15) is 0 Å². The molecule has 0 radical (unpaired) electrons. The fraction of sp³-hybridized carbons (Fsp3) is 0.714. The van der Waals surface area contributed by atoms with E-state index in [-0.39, 0.29) is 12.0 Å². The molecule has 1 rings (SSSR count). The van der Waals surface area contributed by atoms with Gasteiger partial charge in [0.15, 0.2) is 0 Å². The second-order valence-corrected chi connectivity index (χ2v) is 6.03. The summed E-state index contributed by atoms with van der Waals surface area (Å²) >= 11 is 1.69. The Morgan fingerprint density at radius 3 is 2.58 bits per heavy atom. The molecule has 0 aliphatic carbocycles. The molecule has 0 N–H and O–H groups in total. The molecule has 5 heteroatoms. The first kappa shape index (κ1) is 16.1. The zero-order chi connectivity index (χ0) is 14.4. The van der Waals surface area contributed by atoms with Gasteiger partial charge in [0.25, 0.3) is 0 Å². The number of ether oxygens (including phenoxy) is 1. The number of thiazole rings is 1. The van der Waals surface area contributed by atoms with Crippen LogP contribution in [0.15, 0.2) is 5.38 Å². The fourth-order valence-corrected chi connectivity index (χ4v) is 2.49. The molecule has 0 aliphatic rings. The fourth-order valence-electron chi connectivity index (χ4n) is 1.66. The number of carbonyl (C=O) groups excluding carboxylic acids is 1. The highest BCUT2D eigenvalue weighted by molar-refractivity contribution is 7.09. The van der Waals surface area contributed by atoms with Gasteiger partial charge in [-0.1, -0.05) is 13.8 Å². The van der Waals surface area contributed by atoms with E-state index in [1.165, 1.54) is 0 Å². The summed E-state index contributed by atoms with van der Waals surface area (Å²) in [5.41, 5.74) is 1.03. The lowest BCUT2D eigenvalue weighted by Gasteiger charge is -2.24. The predicted octanol–water partition coefficient (Wildman–Crippen LogP) is 3.04. The molecule has 1 aromatic heterocycles. The van der Waals surface area contributed by atoms with E-state index < -0.39 is 0 Å².